The molecule has 258 valence electrons. The lowest BCUT2D eigenvalue weighted by molar-refractivity contribution is -0.141. The highest BCUT2D eigenvalue weighted by Crippen LogP contribution is 2.28. The van der Waals surface area contributed by atoms with Crippen LogP contribution in [0.5, 0.6) is 0 Å². The highest BCUT2D eigenvalue weighted by Gasteiger charge is 2.22. The molecule has 0 aliphatic heterocycles. The molecule has 0 saturated heterocycles. The fourth-order valence-electron chi connectivity index (χ4n) is 3.20. The summed E-state index contributed by atoms with van der Waals surface area (Å²) in [6.07, 6.45) is 2.57. The number of nitrogens with zero attached hydrogens (tertiary/aromatic N) is 3. The van der Waals surface area contributed by atoms with Crippen LogP contribution in [0, 0.1) is 0 Å². The summed E-state index contributed by atoms with van der Waals surface area (Å²) in [5.41, 5.74) is -2.77. The maximum atomic E-state index is 13.2. The lowest BCUT2D eigenvalue weighted by Gasteiger charge is -2.21. The maximum Gasteiger partial charge on any atom is 0.336 e. The molecule has 0 fully saturated rings. The molecule has 12 nitrogen and oxygen atoms in total. The Balaban J connectivity index is 3.08. The number of ether oxygens (including phenoxy) is 3. The molecule has 0 amide bonds. The van der Waals surface area contributed by atoms with Gasteiger partial charge in [-0.25, -0.2) is 28.1 Å². The zero-order valence-corrected chi connectivity index (χ0v) is 30.7. The number of hydrogen-bond acceptors (Lipinski definition) is 12. The van der Waals surface area contributed by atoms with Crippen LogP contribution >= 0.6 is 35.3 Å². The summed E-state index contributed by atoms with van der Waals surface area (Å²) in [7, 11) is 0. The van der Waals surface area contributed by atoms with Crippen LogP contribution in [0.1, 0.15) is 81.6 Å². The van der Waals surface area contributed by atoms with Gasteiger partial charge in [0, 0.05) is 14.2 Å². The van der Waals surface area contributed by atoms with Crippen molar-refractivity contribution >= 4 is 53.2 Å². The topological polar surface area (TPSA) is 145 Å². The van der Waals surface area contributed by atoms with E-state index in [-0.39, 0.29) is 71.0 Å². The van der Waals surface area contributed by atoms with Crippen LogP contribution in [-0.2, 0) is 48.2 Å². The number of carbonyl (C=O) groups excluding carboxylic acids is 3. The lowest BCUT2D eigenvalue weighted by Crippen LogP contribution is -2.55. The number of aromatic nitrogens is 3. The second-order valence-corrected chi connectivity index (χ2v) is 17.2. The molecule has 15 heteroatoms. The van der Waals surface area contributed by atoms with Crippen molar-refractivity contribution in [1.82, 2.24) is 13.7 Å². The van der Waals surface area contributed by atoms with E-state index in [0.29, 0.717) is 0 Å². The average molecular weight is 694 g/mol. The van der Waals surface area contributed by atoms with Gasteiger partial charge in [-0.1, -0.05) is 62.3 Å². The van der Waals surface area contributed by atoms with Crippen molar-refractivity contribution in [2.24, 2.45) is 0 Å². The molecule has 1 heterocycles. The molecule has 0 saturated carbocycles. The van der Waals surface area contributed by atoms with Crippen LogP contribution in [0.25, 0.3) is 0 Å². The minimum atomic E-state index is -0.925. The standard InChI is InChI=1S/C30H51N3O9S3/c1-10-28(4,5)43-19-22(34)40-16-13-31-25(37)32(14-17-41-23(35)20-44-29(6,7)11-2)27(39)33(26(31)38)15-18-42-24(36)21-45-30(8,9)12-3/h10-21H2,1-9H3. The zero-order chi connectivity index (χ0) is 34.4. The highest BCUT2D eigenvalue weighted by atomic mass is 32.2. The van der Waals surface area contributed by atoms with E-state index in [0.717, 1.165) is 33.0 Å². The minimum absolute atomic E-state index is 0.109. The van der Waals surface area contributed by atoms with Crippen molar-refractivity contribution in [3.8, 4) is 0 Å². The third-order valence-electron chi connectivity index (χ3n) is 7.42. The molecule has 0 spiro atoms. The van der Waals surface area contributed by atoms with Crippen molar-refractivity contribution in [2.45, 2.75) is 115 Å². The summed E-state index contributed by atoms with van der Waals surface area (Å²) < 4.78 is 17.8. The first-order valence-corrected chi connectivity index (χ1v) is 18.2. The Morgan fingerprint density at radius 3 is 0.933 bits per heavy atom. The van der Waals surface area contributed by atoms with Gasteiger partial charge in [-0.05, 0) is 19.3 Å². The second-order valence-electron chi connectivity index (χ2n) is 12.2. The van der Waals surface area contributed by atoms with Gasteiger partial charge in [0.15, 0.2) is 0 Å². The zero-order valence-electron chi connectivity index (χ0n) is 28.2. The molecule has 0 N–H and O–H groups in total. The Kier molecular flexibility index (Phi) is 17.2. The molecular formula is C30H51N3O9S3. The van der Waals surface area contributed by atoms with Crippen molar-refractivity contribution < 1.29 is 28.6 Å². The van der Waals surface area contributed by atoms with Crippen molar-refractivity contribution in [1.29, 1.82) is 0 Å². The Bertz CT molecular complexity index is 1130. The van der Waals surface area contributed by atoms with Crippen molar-refractivity contribution in [2.75, 3.05) is 37.1 Å². The molecule has 1 aromatic heterocycles. The summed E-state index contributed by atoms with van der Waals surface area (Å²) >= 11 is 4.32. The van der Waals surface area contributed by atoms with Gasteiger partial charge in [0.25, 0.3) is 0 Å². The van der Waals surface area contributed by atoms with Crippen LogP contribution in [0.4, 0.5) is 0 Å². The van der Waals surface area contributed by atoms with Gasteiger partial charge in [0.1, 0.15) is 19.8 Å². The second kappa shape index (κ2) is 18.9. The van der Waals surface area contributed by atoms with Gasteiger partial charge >= 0.3 is 35.0 Å². The van der Waals surface area contributed by atoms with E-state index < -0.39 is 35.0 Å². The summed E-state index contributed by atoms with van der Waals surface area (Å²) in [4.78, 5) is 76.5. The normalized spacial score (nSPS) is 12.2. The number of thioether (sulfide) groups is 3. The fourth-order valence-corrected chi connectivity index (χ4v) is 5.59. The van der Waals surface area contributed by atoms with Crippen molar-refractivity contribution in [3.05, 3.63) is 31.5 Å². The molecule has 1 aromatic rings. The van der Waals surface area contributed by atoms with E-state index in [9.17, 15) is 28.8 Å². The molecule has 0 aromatic carbocycles. The monoisotopic (exact) mass is 693 g/mol. The fraction of sp³-hybridized carbons (Fsp3) is 0.800. The van der Waals surface area contributed by atoms with E-state index >= 15 is 0 Å². The van der Waals surface area contributed by atoms with E-state index in [4.69, 9.17) is 14.2 Å². The lowest BCUT2D eigenvalue weighted by atomic mass is 10.1. The molecule has 0 atom stereocenters. The highest BCUT2D eigenvalue weighted by molar-refractivity contribution is 8.01. The van der Waals surface area contributed by atoms with Gasteiger partial charge in [-0.15, -0.1) is 35.3 Å². The number of carbonyl (C=O) groups is 3. The Hall–Kier alpha value is -2.13. The first kappa shape index (κ1) is 40.9. The van der Waals surface area contributed by atoms with Gasteiger partial charge in [-0.2, -0.15) is 0 Å². The molecule has 0 radical (unpaired) electrons. The summed E-state index contributed by atoms with van der Waals surface area (Å²) in [6, 6.07) is 0. The Labute approximate surface area is 278 Å². The number of rotatable bonds is 21. The third kappa shape index (κ3) is 14.9. The van der Waals surface area contributed by atoms with E-state index in [1.54, 1.807) is 0 Å². The van der Waals surface area contributed by atoms with Crippen LogP contribution < -0.4 is 17.1 Å². The van der Waals surface area contributed by atoms with Crippen molar-refractivity contribution in [3.63, 3.8) is 0 Å². The van der Waals surface area contributed by atoms with Gasteiger partial charge in [-0.3, -0.25) is 14.4 Å². The smallest absolute Gasteiger partial charge is 0.336 e. The summed E-state index contributed by atoms with van der Waals surface area (Å²) in [5.74, 6) is -1.15. The molecular weight excluding hydrogens is 643 g/mol. The minimum Gasteiger partial charge on any atom is -0.463 e. The number of hydrogen-bond donors (Lipinski definition) is 0. The molecule has 0 unspecified atom stereocenters. The molecule has 0 aliphatic rings. The van der Waals surface area contributed by atoms with Crippen LogP contribution in [0.3, 0.4) is 0 Å². The van der Waals surface area contributed by atoms with Crippen LogP contribution in [-0.4, -0.2) is 82.9 Å². The first-order valence-electron chi connectivity index (χ1n) is 15.2. The van der Waals surface area contributed by atoms with Gasteiger partial charge < -0.3 is 14.2 Å². The Morgan fingerprint density at radius 2 is 0.733 bits per heavy atom. The predicted octanol–water partition coefficient (Wildman–Crippen LogP) is 3.57. The van der Waals surface area contributed by atoms with Gasteiger partial charge in [0.2, 0.25) is 0 Å². The molecule has 1 rings (SSSR count). The molecule has 45 heavy (non-hydrogen) atoms. The quantitative estimate of drug-likeness (QED) is 0.137. The van der Waals surface area contributed by atoms with Gasteiger partial charge in [0.05, 0.1) is 36.9 Å². The summed E-state index contributed by atoms with van der Waals surface area (Å²) in [6.45, 7) is 16.5. The van der Waals surface area contributed by atoms with E-state index in [1.165, 1.54) is 35.3 Å². The molecule has 0 bridgehead atoms. The SMILES string of the molecule is CCC(C)(C)SCC(=O)OCCn1c(=O)n(CCOC(=O)CSC(C)(C)CC)c(=O)n(CCOC(=O)CSC(C)(C)CC)c1=O. The van der Waals surface area contributed by atoms with Crippen LogP contribution in [0.2, 0.25) is 0 Å². The predicted molar refractivity (Wildman–Crippen MR) is 183 cm³/mol. The maximum absolute atomic E-state index is 13.2. The average Bonchev–Trinajstić information content (AvgIpc) is 2.99. The largest absolute Gasteiger partial charge is 0.463 e. The number of esters is 3. The van der Waals surface area contributed by atoms with E-state index in [1.807, 2.05) is 62.3 Å². The molecule has 0 aliphatic carbocycles. The summed E-state index contributed by atoms with van der Waals surface area (Å²) in [5, 5.41) is 0. The van der Waals surface area contributed by atoms with Crippen LogP contribution in [0.15, 0.2) is 14.4 Å². The Morgan fingerprint density at radius 1 is 0.511 bits per heavy atom. The third-order valence-corrected chi connectivity index (χ3v) is 11.8. The van der Waals surface area contributed by atoms with E-state index in [2.05, 4.69) is 0 Å². The first-order chi connectivity index (χ1) is 20.9.